The second-order valence-electron chi connectivity index (χ2n) is 17.0. The molecule has 1 aliphatic rings. The van der Waals surface area contributed by atoms with Gasteiger partial charge in [0.25, 0.3) is 0 Å². The van der Waals surface area contributed by atoms with Gasteiger partial charge in [0.15, 0.2) is 0 Å². The van der Waals surface area contributed by atoms with Crippen LogP contribution in [0.1, 0.15) is 241 Å². The van der Waals surface area contributed by atoms with Crippen molar-refractivity contribution >= 4 is 11.4 Å². The van der Waals surface area contributed by atoms with Crippen LogP contribution in [0.15, 0.2) is 35.4 Å². The molecular weight excluding hydrogens is 677 g/mol. The average molecular weight is 761 g/mol. The molecule has 0 aromatic heterocycles. The van der Waals surface area contributed by atoms with Crippen molar-refractivity contribution in [2.75, 3.05) is 0 Å². The Bertz CT molecular complexity index is 1550. The van der Waals surface area contributed by atoms with E-state index in [9.17, 15) is 5.53 Å². The van der Waals surface area contributed by atoms with Gasteiger partial charge in [-0.15, -0.1) is 0 Å². The first-order valence-electron chi connectivity index (χ1n) is 24.2. The van der Waals surface area contributed by atoms with Crippen LogP contribution in [-0.4, -0.2) is 4.70 Å². The van der Waals surface area contributed by atoms with Gasteiger partial charge in [0, 0.05) is 23.1 Å². The number of hydrogen-bond donors (Lipinski definition) is 0. The first-order valence-corrected chi connectivity index (χ1v) is 24.2. The van der Waals surface area contributed by atoms with E-state index in [1.807, 2.05) is 0 Å². The SMILES string of the molecule is CCCCCCC#CC1=C(c2cc(CCC)c(CCC)c(CCC)c2)[N+](=[N-])C(c2cc(CCCCC)c(CCCCC)c(CCCCC)c2)=C1CCCCCC. The van der Waals surface area contributed by atoms with E-state index in [1.165, 1.54) is 136 Å². The maximum Gasteiger partial charge on any atom is 0.223 e. The molecule has 2 aromatic carbocycles. The Hall–Kier alpha value is -2.92. The van der Waals surface area contributed by atoms with Crippen molar-refractivity contribution in [1.29, 1.82) is 0 Å². The zero-order valence-electron chi connectivity index (χ0n) is 38.0. The maximum atomic E-state index is 12.9. The van der Waals surface area contributed by atoms with Crippen molar-refractivity contribution in [2.45, 2.75) is 235 Å². The Morgan fingerprint density at radius 2 is 0.821 bits per heavy atom. The van der Waals surface area contributed by atoms with Crippen LogP contribution in [-0.2, 0) is 38.5 Å². The van der Waals surface area contributed by atoms with E-state index in [2.05, 4.69) is 91.5 Å². The molecule has 3 rings (SSSR count). The molecule has 0 saturated carbocycles. The minimum absolute atomic E-state index is 0.911. The van der Waals surface area contributed by atoms with Gasteiger partial charge < -0.3 is 5.53 Å². The molecule has 2 aromatic rings. The Morgan fingerprint density at radius 1 is 0.411 bits per heavy atom. The monoisotopic (exact) mass is 761 g/mol. The molecule has 0 spiro atoms. The van der Waals surface area contributed by atoms with Gasteiger partial charge in [0.1, 0.15) is 5.57 Å². The average Bonchev–Trinajstić information content (AvgIpc) is 3.47. The van der Waals surface area contributed by atoms with Crippen LogP contribution in [0.5, 0.6) is 0 Å². The molecule has 0 bridgehead atoms. The van der Waals surface area contributed by atoms with E-state index in [0.717, 1.165) is 99.6 Å². The standard InChI is InChI=1S/C54H84N2/c1-9-17-22-24-25-30-38-52-51(37-29-23-18-10-2)54(56(55)53(52)47-39-43(31-14-6)49(33-16-8)44(40-47)32-15-7)48-41-45(34-26-19-11-3)50(36-28-21-13-5)46(42-48)35-27-20-12-4/h39-42H,9-29,31-37H2,1-8H3. The molecule has 0 aliphatic carbocycles. The van der Waals surface area contributed by atoms with Crippen LogP contribution >= 0.6 is 0 Å². The summed E-state index contributed by atoms with van der Waals surface area (Å²) in [6, 6.07) is 9.91. The topological polar surface area (TPSA) is 25.3 Å². The fraction of sp³-hybridized carbons (Fsp3) is 0.667. The number of allylic oxidation sites excluding steroid dienone is 2. The van der Waals surface area contributed by atoms with Crippen molar-refractivity contribution in [2.24, 2.45) is 0 Å². The fourth-order valence-corrected chi connectivity index (χ4v) is 8.94. The Kier molecular flexibility index (Phi) is 23.4. The lowest BCUT2D eigenvalue weighted by molar-refractivity contribution is -0.345. The maximum absolute atomic E-state index is 12.9. The molecule has 310 valence electrons. The third-order valence-corrected chi connectivity index (χ3v) is 12.0. The number of aryl methyl sites for hydroxylation is 4. The molecule has 0 fully saturated rings. The van der Waals surface area contributed by atoms with Crippen molar-refractivity contribution in [1.82, 2.24) is 0 Å². The highest BCUT2D eigenvalue weighted by molar-refractivity contribution is 5.86. The molecule has 0 amide bonds. The Balaban J connectivity index is 2.39. The molecular formula is C54H84N2. The van der Waals surface area contributed by atoms with Crippen LogP contribution < -0.4 is 0 Å². The molecule has 0 saturated heterocycles. The normalized spacial score (nSPS) is 13.0. The van der Waals surface area contributed by atoms with Crippen molar-refractivity contribution in [3.05, 3.63) is 85.5 Å². The Morgan fingerprint density at radius 3 is 1.32 bits per heavy atom. The molecule has 0 N–H and O–H groups in total. The van der Waals surface area contributed by atoms with Gasteiger partial charge >= 0.3 is 0 Å². The van der Waals surface area contributed by atoms with E-state index < -0.39 is 0 Å². The number of hydrogen-bond acceptors (Lipinski definition) is 0. The molecule has 1 heterocycles. The van der Waals surface area contributed by atoms with Crippen LogP contribution in [0, 0.1) is 11.8 Å². The number of rotatable bonds is 29. The van der Waals surface area contributed by atoms with Crippen molar-refractivity contribution in [3.8, 4) is 11.8 Å². The largest absolute Gasteiger partial charge is 0.493 e. The summed E-state index contributed by atoms with van der Waals surface area (Å²) in [6.45, 7) is 18.5. The molecule has 56 heavy (non-hydrogen) atoms. The van der Waals surface area contributed by atoms with E-state index in [4.69, 9.17) is 0 Å². The van der Waals surface area contributed by atoms with E-state index >= 15 is 0 Å². The highest BCUT2D eigenvalue weighted by atomic mass is 15.2. The summed E-state index contributed by atoms with van der Waals surface area (Å²) < 4.78 is 1.63. The summed E-state index contributed by atoms with van der Waals surface area (Å²) in [5.41, 5.74) is 28.7. The van der Waals surface area contributed by atoms with Gasteiger partial charge in [-0.1, -0.05) is 164 Å². The first kappa shape index (κ1) is 47.5. The summed E-state index contributed by atoms with van der Waals surface area (Å²) in [5, 5.41) is 0. The minimum atomic E-state index is 0.911. The van der Waals surface area contributed by atoms with Crippen LogP contribution in [0.25, 0.3) is 16.9 Å². The predicted molar refractivity (Wildman–Crippen MR) is 247 cm³/mol. The lowest BCUT2D eigenvalue weighted by atomic mass is 9.86. The van der Waals surface area contributed by atoms with Gasteiger partial charge in [-0.25, -0.2) is 4.70 Å². The molecule has 0 atom stereocenters. The van der Waals surface area contributed by atoms with Gasteiger partial charge in [-0.3, -0.25) is 0 Å². The van der Waals surface area contributed by atoms with Crippen LogP contribution in [0.3, 0.4) is 0 Å². The number of nitrogens with zero attached hydrogens (tertiary/aromatic N) is 2. The minimum Gasteiger partial charge on any atom is -0.493 e. The second-order valence-corrected chi connectivity index (χ2v) is 17.0. The Labute approximate surface area is 347 Å². The van der Waals surface area contributed by atoms with E-state index in [0.29, 0.717) is 0 Å². The zero-order chi connectivity index (χ0) is 40.5. The van der Waals surface area contributed by atoms with Gasteiger partial charge in [0.05, 0.1) is 0 Å². The third kappa shape index (κ3) is 14.2. The molecule has 2 heteroatoms. The fourth-order valence-electron chi connectivity index (χ4n) is 8.94. The van der Waals surface area contributed by atoms with Crippen LogP contribution in [0.2, 0.25) is 0 Å². The quantitative estimate of drug-likeness (QED) is 0.0448. The second kappa shape index (κ2) is 27.7. The van der Waals surface area contributed by atoms with Gasteiger partial charge in [-0.05, 0) is 135 Å². The number of unbranched alkanes of at least 4 members (excludes halogenated alkanes) is 13. The smallest absolute Gasteiger partial charge is 0.223 e. The predicted octanol–water partition coefficient (Wildman–Crippen LogP) is 16.9. The molecule has 0 unspecified atom stereocenters. The molecule has 0 radical (unpaired) electrons. The summed E-state index contributed by atoms with van der Waals surface area (Å²) in [5.74, 6) is 7.47. The van der Waals surface area contributed by atoms with Gasteiger partial charge in [0.2, 0.25) is 11.4 Å². The summed E-state index contributed by atoms with van der Waals surface area (Å²) in [6.07, 6.45) is 32.9. The highest BCUT2D eigenvalue weighted by Gasteiger charge is 2.36. The first-order chi connectivity index (χ1) is 27.4. The summed E-state index contributed by atoms with van der Waals surface area (Å²) >= 11 is 0. The molecule has 2 nitrogen and oxygen atoms in total. The summed E-state index contributed by atoms with van der Waals surface area (Å²) in [7, 11) is 0. The highest BCUT2D eigenvalue weighted by Crippen LogP contribution is 2.44. The van der Waals surface area contributed by atoms with Gasteiger partial charge in [-0.2, -0.15) is 0 Å². The third-order valence-electron chi connectivity index (χ3n) is 12.0. The van der Waals surface area contributed by atoms with Crippen molar-refractivity contribution < 1.29 is 4.70 Å². The zero-order valence-corrected chi connectivity index (χ0v) is 38.0. The number of benzene rings is 2. The lowest BCUT2D eigenvalue weighted by Gasteiger charge is -2.20. The summed E-state index contributed by atoms with van der Waals surface area (Å²) in [4.78, 5) is 0. The van der Waals surface area contributed by atoms with E-state index in [-0.39, 0.29) is 0 Å². The lowest BCUT2D eigenvalue weighted by Crippen LogP contribution is -2.09. The van der Waals surface area contributed by atoms with E-state index in [1.54, 1.807) is 15.8 Å². The molecule has 1 aliphatic heterocycles. The van der Waals surface area contributed by atoms with Crippen molar-refractivity contribution in [3.63, 3.8) is 0 Å². The van der Waals surface area contributed by atoms with Crippen LogP contribution in [0.4, 0.5) is 0 Å².